The van der Waals surface area contributed by atoms with Crippen molar-refractivity contribution < 1.29 is 0 Å². The fraction of sp³-hybridized carbons (Fsp3) is 0.200. The molecule has 4 N–H and O–H groups in total. The second kappa shape index (κ2) is 5.07. The minimum absolute atomic E-state index is 0.123. The number of rotatable bonds is 4. The zero-order valence-electron chi connectivity index (χ0n) is 8.52. The highest BCUT2D eigenvalue weighted by Crippen LogP contribution is 2.20. The van der Waals surface area contributed by atoms with E-state index in [9.17, 15) is 0 Å². The summed E-state index contributed by atoms with van der Waals surface area (Å²) < 4.78 is 0. The molecule has 1 heterocycles. The van der Waals surface area contributed by atoms with Gasteiger partial charge in [0, 0.05) is 5.02 Å². The Morgan fingerprint density at radius 2 is 2.25 bits per heavy atom. The van der Waals surface area contributed by atoms with Crippen molar-refractivity contribution in [3.8, 4) is 0 Å². The molecule has 1 aromatic heterocycles. The normalized spacial score (nSPS) is 12.6. The van der Waals surface area contributed by atoms with E-state index in [-0.39, 0.29) is 6.04 Å². The molecule has 0 spiro atoms. The van der Waals surface area contributed by atoms with Crippen molar-refractivity contribution in [2.45, 2.75) is 12.5 Å². The summed E-state index contributed by atoms with van der Waals surface area (Å²) in [5.74, 6) is 6.18. The molecule has 84 valence electrons. The van der Waals surface area contributed by atoms with Crippen LogP contribution in [0.4, 0.5) is 0 Å². The van der Waals surface area contributed by atoms with Crippen molar-refractivity contribution in [1.82, 2.24) is 20.6 Å². The van der Waals surface area contributed by atoms with Crippen LogP contribution in [0.1, 0.15) is 17.4 Å². The SMILES string of the molecule is NNC(Cc1ccccc1Cl)c1ncn[nH]1. The van der Waals surface area contributed by atoms with Crippen LogP contribution in [-0.2, 0) is 6.42 Å². The quantitative estimate of drug-likeness (QED) is 0.552. The van der Waals surface area contributed by atoms with Gasteiger partial charge in [-0.25, -0.2) is 10.4 Å². The predicted octanol–water partition coefficient (Wildman–Crippen LogP) is 1.21. The van der Waals surface area contributed by atoms with Gasteiger partial charge in [-0.1, -0.05) is 29.8 Å². The average molecular weight is 238 g/mol. The highest BCUT2D eigenvalue weighted by Gasteiger charge is 2.14. The lowest BCUT2D eigenvalue weighted by atomic mass is 10.1. The van der Waals surface area contributed by atoms with Crippen LogP contribution in [0, 0.1) is 0 Å². The summed E-state index contributed by atoms with van der Waals surface area (Å²) in [6, 6.07) is 7.52. The first-order valence-corrected chi connectivity index (χ1v) is 5.24. The van der Waals surface area contributed by atoms with Crippen molar-refractivity contribution in [3.63, 3.8) is 0 Å². The number of hydrogen-bond acceptors (Lipinski definition) is 4. The maximum absolute atomic E-state index is 6.07. The molecular weight excluding hydrogens is 226 g/mol. The molecule has 0 saturated carbocycles. The lowest BCUT2D eigenvalue weighted by Crippen LogP contribution is -2.30. The molecular formula is C10H12ClN5. The number of H-pyrrole nitrogens is 1. The molecule has 0 amide bonds. The Kier molecular flexibility index (Phi) is 3.51. The molecule has 2 rings (SSSR count). The maximum atomic E-state index is 6.07. The topological polar surface area (TPSA) is 79.6 Å². The minimum atomic E-state index is -0.123. The Morgan fingerprint density at radius 1 is 1.44 bits per heavy atom. The number of aromatic amines is 1. The van der Waals surface area contributed by atoms with E-state index in [0.29, 0.717) is 12.2 Å². The Balaban J connectivity index is 2.17. The monoisotopic (exact) mass is 237 g/mol. The molecule has 2 aromatic rings. The number of nitrogens with one attached hydrogen (secondary N) is 2. The first-order chi connectivity index (χ1) is 7.81. The first kappa shape index (κ1) is 11.1. The molecule has 1 aromatic carbocycles. The van der Waals surface area contributed by atoms with E-state index in [1.54, 1.807) is 0 Å². The molecule has 5 nitrogen and oxygen atoms in total. The third kappa shape index (κ3) is 2.38. The Labute approximate surface area is 98.0 Å². The van der Waals surface area contributed by atoms with E-state index in [4.69, 9.17) is 17.4 Å². The second-order valence-electron chi connectivity index (χ2n) is 3.39. The van der Waals surface area contributed by atoms with Gasteiger partial charge >= 0.3 is 0 Å². The molecule has 0 aliphatic rings. The summed E-state index contributed by atoms with van der Waals surface area (Å²) in [7, 11) is 0. The number of aromatic nitrogens is 3. The molecule has 0 aliphatic carbocycles. The molecule has 1 atom stereocenters. The van der Waals surface area contributed by atoms with Gasteiger partial charge in [-0.15, -0.1) is 0 Å². The van der Waals surface area contributed by atoms with E-state index in [2.05, 4.69) is 20.6 Å². The molecule has 0 radical (unpaired) electrons. The van der Waals surface area contributed by atoms with Crippen LogP contribution in [0.3, 0.4) is 0 Å². The summed E-state index contributed by atoms with van der Waals surface area (Å²) in [5.41, 5.74) is 3.70. The van der Waals surface area contributed by atoms with Gasteiger partial charge in [0.2, 0.25) is 0 Å². The molecule has 0 saturated heterocycles. The van der Waals surface area contributed by atoms with E-state index in [1.807, 2.05) is 24.3 Å². The van der Waals surface area contributed by atoms with Crippen molar-refractivity contribution in [2.75, 3.05) is 0 Å². The van der Waals surface area contributed by atoms with Crippen LogP contribution in [-0.4, -0.2) is 15.2 Å². The number of nitrogens with zero attached hydrogens (tertiary/aromatic N) is 2. The average Bonchev–Trinajstić information content (AvgIpc) is 2.81. The largest absolute Gasteiger partial charge is 0.271 e. The first-order valence-electron chi connectivity index (χ1n) is 4.86. The highest BCUT2D eigenvalue weighted by atomic mass is 35.5. The lowest BCUT2D eigenvalue weighted by molar-refractivity contribution is 0.525. The van der Waals surface area contributed by atoms with Crippen molar-refractivity contribution in [3.05, 3.63) is 47.0 Å². The molecule has 1 unspecified atom stereocenters. The molecule has 0 aliphatic heterocycles. The van der Waals surface area contributed by atoms with Gasteiger partial charge < -0.3 is 0 Å². The highest BCUT2D eigenvalue weighted by molar-refractivity contribution is 6.31. The molecule has 16 heavy (non-hydrogen) atoms. The van der Waals surface area contributed by atoms with E-state index in [0.717, 1.165) is 10.6 Å². The number of hydrazine groups is 1. The summed E-state index contributed by atoms with van der Waals surface area (Å²) in [6.07, 6.45) is 2.11. The minimum Gasteiger partial charge on any atom is -0.271 e. The molecule has 6 heteroatoms. The van der Waals surface area contributed by atoms with Gasteiger partial charge in [-0.2, -0.15) is 5.10 Å². The van der Waals surface area contributed by atoms with Crippen molar-refractivity contribution in [2.24, 2.45) is 5.84 Å². The van der Waals surface area contributed by atoms with Gasteiger partial charge in [-0.3, -0.25) is 10.9 Å². The van der Waals surface area contributed by atoms with Crippen LogP contribution >= 0.6 is 11.6 Å². The van der Waals surface area contributed by atoms with Crippen molar-refractivity contribution in [1.29, 1.82) is 0 Å². The summed E-state index contributed by atoms with van der Waals surface area (Å²) in [4.78, 5) is 4.06. The van der Waals surface area contributed by atoms with E-state index in [1.165, 1.54) is 6.33 Å². The van der Waals surface area contributed by atoms with Gasteiger partial charge in [0.05, 0.1) is 6.04 Å². The summed E-state index contributed by atoms with van der Waals surface area (Å²) in [5, 5.41) is 7.30. The molecule has 0 bridgehead atoms. The second-order valence-corrected chi connectivity index (χ2v) is 3.79. The van der Waals surface area contributed by atoms with Crippen LogP contribution in [0.25, 0.3) is 0 Å². The smallest absolute Gasteiger partial charge is 0.143 e. The lowest BCUT2D eigenvalue weighted by Gasteiger charge is -2.13. The van der Waals surface area contributed by atoms with Gasteiger partial charge in [-0.05, 0) is 18.1 Å². The van der Waals surface area contributed by atoms with Gasteiger partial charge in [0.15, 0.2) is 0 Å². The standard InChI is InChI=1S/C10H12ClN5/c11-8-4-2-1-3-7(8)5-9(15-12)10-13-6-14-16-10/h1-4,6,9,15H,5,12H2,(H,13,14,16). The summed E-state index contributed by atoms with van der Waals surface area (Å²) >= 11 is 6.07. The van der Waals surface area contributed by atoms with E-state index >= 15 is 0 Å². The van der Waals surface area contributed by atoms with Gasteiger partial charge in [0.25, 0.3) is 0 Å². The Bertz CT molecular complexity index is 442. The molecule has 0 fully saturated rings. The third-order valence-electron chi connectivity index (χ3n) is 2.35. The Morgan fingerprint density at radius 3 is 2.88 bits per heavy atom. The van der Waals surface area contributed by atoms with Crippen LogP contribution in [0.2, 0.25) is 5.02 Å². The number of hydrogen-bond donors (Lipinski definition) is 3. The number of nitrogens with two attached hydrogens (primary N) is 1. The number of halogens is 1. The van der Waals surface area contributed by atoms with Crippen molar-refractivity contribution >= 4 is 11.6 Å². The zero-order chi connectivity index (χ0) is 11.4. The Hall–Kier alpha value is -1.43. The third-order valence-corrected chi connectivity index (χ3v) is 2.72. The fourth-order valence-electron chi connectivity index (χ4n) is 1.50. The number of benzene rings is 1. The van der Waals surface area contributed by atoms with Crippen LogP contribution < -0.4 is 11.3 Å². The van der Waals surface area contributed by atoms with Gasteiger partial charge in [0.1, 0.15) is 12.2 Å². The van der Waals surface area contributed by atoms with Crippen LogP contribution in [0.15, 0.2) is 30.6 Å². The van der Waals surface area contributed by atoms with E-state index < -0.39 is 0 Å². The summed E-state index contributed by atoms with van der Waals surface area (Å²) in [6.45, 7) is 0. The van der Waals surface area contributed by atoms with Crippen LogP contribution in [0.5, 0.6) is 0 Å². The fourth-order valence-corrected chi connectivity index (χ4v) is 1.71. The predicted molar refractivity (Wildman–Crippen MR) is 61.6 cm³/mol. The maximum Gasteiger partial charge on any atom is 0.143 e. The zero-order valence-corrected chi connectivity index (χ0v) is 9.28.